The third-order valence-corrected chi connectivity index (χ3v) is 5.07. The molecule has 0 spiro atoms. The highest BCUT2D eigenvalue weighted by Gasteiger charge is 2.38. The van der Waals surface area contributed by atoms with Crippen LogP contribution >= 0.6 is 11.8 Å². The number of fused-ring (bicyclic) bond motifs is 1. The predicted molar refractivity (Wildman–Crippen MR) is 70.8 cm³/mol. The lowest BCUT2D eigenvalue weighted by Crippen LogP contribution is -2.45. The van der Waals surface area contributed by atoms with Crippen molar-refractivity contribution in [1.82, 2.24) is 10.2 Å². The molecule has 2 atom stereocenters. The Labute approximate surface area is 106 Å². The summed E-state index contributed by atoms with van der Waals surface area (Å²) >= 11 is 1.73. The van der Waals surface area contributed by atoms with Gasteiger partial charge in [-0.05, 0) is 12.8 Å². The van der Waals surface area contributed by atoms with E-state index in [1.165, 1.54) is 5.04 Å². The molecule has 0 aromatic heterocycles. The Morgan fingerprint density at radius 2 is 2.24 bits per heavy atom. The van der Waals surface area contributed by atoms with Gasteiger partial charge in [0.15, 0.2) is 0 Å². The number of hydrogen-bond donors (Lipinski definition) is 1. The highest BCUT2D eigenvalue weighted by Crippen LogP contribution is 2.35. The van der Waals surface area contributed by atoms with Gasteiger partial charge in [-0.15, -0.1) is 0 Å². The van der Waals surface area contributed by atoms with Crippen LogP contribution in [0.15, 0.2) is 4.99 Å². The van der Waals surface area contributed by atoms with Crippen molar-refractivity contribution in [2.45, 2.75) is 30.6 Å². The van der Waals surface area contributed by atoms with Gasteiger partial charge in [-0.25, -0.2) is 0 Å². The number of ketones is 1. The lowest BCUT2D eigenvalue weighted by atomic mass is 9.94. The Bertz CT molecular complexity index is 339. The van der Waals surface area contributed by atoms with E-state index in [9.17, 15) is 4.79 Å². The summed E-state index contributed by atoms with van der Waals surface area (Å²) < 4.78 is 0. The fourth-order valence-electron chi connectivity index (χ4n) is 2.77. The van der Waals surface area contributed by atoms with E-state index >= 15 is 0 Å². The minimum atomic E-state index is 0.154. The van der Waals surface area contributed by atoms with Gasteiger partial charge < -0.3 is 5.32 Å². The summed E-state index contributed by atoms with van der Waals surface area (Å²) in [5.41, 5.74) is 0. The smallest absolute Gasteiger partial charge is 0.148 e. The molecule has 2 heterocycles. The van der Waals surface area contributed by atoms with Crippen LogP contribution in [0.2, 0.25) is 0 Å². The first kappa shape index (κ1) is 11.7. The second-order valence-corrected chi connectivity index (χ2v) is 6.23. The van der Waals surface area contributed by atoms with Crippen molar-refractivity contribution in [3.8, 4) is 0 Å². The van der Waals surface area contributed by atoms with Crippen molar-refractivity contribution in [3.63, 3.8) is 0 Å². The number of carbonyl (C=O) groups is 1. The number of rotatable bonds is 2. The summed E-state index contributed by atoms with van der Waals surface area (Å²) in [6.07, 6.45) is 2.91. The SMILES string of the molecule is O=C1CCC[C@H]2N=C(CN3CCNCC3)S[C@H]12. The zero-order valence-corrected chi connectivity index (χ0v) is 10.8. The molecule has 0 unspecified atom stereocenters. The van der Waals surface area contributed by atoms with E-state index in [-0.39, 0.29) is 5.25 Å². The Morgan fingerprint density at radius 1 is 1.41 bits per heavy atom. The van der Waals surface area contributed by atoms with Gasteiger partial charge in [-0.1, -0.05) is 11.8 Å². The van der Waals surface area contributed by atoms with Crippen LogP contribution in [-0.2, 0) is 4.79 Å². The van der Waals surface area contributed by atoms with E-state index in [1.54, 1.807) is 11.8 Å². The highest BCUT2D eigenvalue weighted by molar-refractivity contribution is 8.15. The van der Waals surface area contributed by atoms with Crippen LogP contribution < -0.4 is 5.32 Å². The molecule has 3 rings (SSSR count). The number of nitrogens with one attached hydrogen (secondary N) is 1. The van der Waals surface area contributed by atoms with E-state index in [0.717, 1.165) is 52.0 Å². The summed E-state index contributed by atoms with van der Waals surface area (Å²) in [5.74, 6) is 0.422. The van der Waals surface area contributed by atoms with Gasteiger partial charge in [0, 0.05) is 39.1 Å². The normalized spacial score (nSPS) is 34.6. The van der Waals surface area contributed by atoms with Gasteiger partial charge in [0.05, 0.1) is 16.3 Å². The van der Waals surface area contributed by atoms with Gasteiger partial charge in [-0.2, -0.15) is 0 Å². The lowest BCUT2D eigenvalue weighted by molar-refractivity contribution is -0.119. The number of Topliss-reactive ketones (excluding diaryl/α,β-unsaturated/α-hetero) is 1. The molecule has 1 N–H and O–H groups in total. The summed E-state index contributed by atoms with van der Waals surface area (Å²) in [4.78, 5) is 19.0. The maximum absolute atomic E-state index is 11.8. The third kappa shape index (κ3) is 2.56. The Kier molecular flexibility index (Phi) is 3.49. The quantitative estimate of drug-likeness (QED) is 0.779. The molecular weight excluding hydrogens is 234 g/mol. The maximum Gasteiger partial charge on any atom is 0.148 e. The first-order chi connectivity index (χ1) is 8.33. The molecule has 3 aliphatic rings. The number of hydrogen-bond acceptors (Lipinski definition) is 5. The Hall–Kier alpha value is -0.390. The zero-order valence-electron chi connectivity index (χ0n) is 10.0. The van der Waals surface area contributed by atoms with Crippen LogP contribution in [-0.4, -0.2) is 59.7 Å². The van der Waals surface area contributed by atoms with Crippen LogP contribution in [0.5, 0.6) is 0 Å². The average Bonchev–Trinajstić information content (AvgIpc) is 2.74. The van der Waals surface area contributed by atoms with Crippen LogP contribution in [0.4, 0.5) is 0 Å². The van der Waals surface area contributed by atoms with Crippen molar-refractivity contribution in [1.29, 1.82) is 0 Å². The molecule has 0 amide bonds. The van der Waals surface area contributed by atoms with E-state index in [1.807, 2.05) is 0 Å². The van der Waals surface area contributed by atoms with E-state index in [4.69, 9.17) is 4.99 Å². The van der Waals surface area contributed by atoms with Crippen LogP contribution in [0.25, 0.3) is 0 Å². The Morgan fingerprint density at radius 3 is 3.00 bits per heavy atom. The van der Waals surface area contributed by atoms with Crippen molar-refractivity contribution >= 4 is 22.6 Å². The van der Waals surface area contributed by atoms with Crippen molar-refractivity contribution in [2.75, 3.05) is 32.7 Å². The summed E-state index contributed by atoms with van der Waals surface area (Å²) in [6.45, 7) is 5.30. The van der Waals surface area contributed by atoms with E-state index in [2.05, 4.69) is 10.2 Å². The fraction of sp³-hybridized carbons (Fsp3) is 0.833. The topological polar surface area (TPSA) is 44.7 Å². The van der Waals surface area contributed by atoms with E-state index in [0.29, 0.717) is 11.8 Å². The lowest BCUT2D eigenvalue weighted by Gasteiger charge is -2.26. The molecule has 2 fully saturated rings. The van der Waals surface area contributed by atoms with Crippen molar-refractivity contribution in [2.24, 2.45) is 4.99 Å². The monoisotopic (exact) mass is 253 g/mol. The summed E-state index contributed by atoms with van der Waals surface area (Å²) in [5, 5.41) is 4.70. The molecule has 2 aliphatic heterocycles. The molecule has 0 aromatic carbocycles. The fourth-order valence-corrected chi connectivity index (χ4v) is 4.12. The molecule has 0 bridgehead atoms. The minimum Gasteiger partial charge on any atom is -0.314 e. The molecule has 4 nitrogen and oxygen atoms in total. The largest absolute Gasteiger partial charge is 0.314 e. The van der Waals surface area contributed by atoms with Gasteiger partial charge >= 0.3 is 0 Å². The first-order valence-electron chi connectivity index (χ1n) is 6.52. The molecule has 1 aliphatic carbocycles. The number of nitrogens with zero attached hydrogens (tertiary/aromatic N) is 2. The molecule has 5 heteroatoms. The highest BCUT2D eigenvalue weighted by atomic mass is 32.2. The summed E-state index contributed by atoms with van der Waals surface area (Å²) in [6, 6.07) is 0.291. The number of piperazine rings is 1. The molecule has 1 saturated carbocycles. The van der Waals surface area contributed by atoms with Crippen molar-refractivity contribution < 1.29 is 4.79 Å². The molecule has 94 valence electrons. The standard InChI is InChI=1S/C12H19N3OS/c16-10-3-1-2-9-12(10)17-11(14-9)8-15-6-4-13-5-7-15/h9,12-13H,1-8H2/t9-,12+/m1/s1. The third-order valence-electron chi connectivity index (χ3n) is 3.73. The second kappa shape index (κ2) is 5.08. The minimum absolute atomic E-state index is 0.154. The van der Waals surface area contributed by atoms with E-state index < -0.39 is 0 Å². The van der Waals surface area contributed by atoms with Crippen molar-refractivity contribution in [3.05, 3.63) is 0 Å². The first-order valence-corrected chi connectivity index (χ1v) is 7.40. The van der Waals surface area contributed by atoms with Gasteiger partial charge in [0.25, 0.3) is 0 Å². The predicted octanol–water partition coefficient (Wildman–Crippen LogP) is 0.527. The zero-order chi connectivity index (χ0) is 11.7. The van der Waals surface area contributed by atoms with Crippen LogP contribution in [0, 0.1) is 0 Å². The number of thioether (sulfide) groups is 1. The van der Waals surface area contributed by atoms with Gasteiger partial charge in [0.2, 0.25) is 0 Å². The van der Waals surface area contributed by atoms with Crippen LogP contribution in [0.3, 0.4) is 0 Å². The van der Waals surface area contributed by atoms with Gasteiger partial charge in [-0.3, -0.25) is 14.7 Å². The van der Waals surface area contributed by atoms with Crippen LogP contribution in [0.1, 0.15) is 19.3 Å². The van der Waals surface area contributed by atoms with Gasteiger partial charge in [0.1, 0.15) is 5.78 Å². The average molecular weight is 253 g/mol. The summed E-state index contributed by atoms with van der Waals surface area (Å²) in [7, 11) is 0. The second-order valence-electron chi connectivity index (χ2n) is 5.01. The maximum atomic E-state index is 11.8. The molecule has 17 heavy (non-hydrogen) atoms. The number of aliphatic imine (C=N–C) groups is 1. The molecule has 0 aromatic rings. The Balaban J connectivity index is 1.59. The molecular formula is C12H19N3OS. The number of carbonyl (C=O) groups excluding carboxylic acids is 1. The molecule has 1 saturated heterocycles. The molecule has 0 radical (unpaired) electrons.